The van der Waals surface area contributed by atoms with Gasteiger partial charge in [0.2, 0.25) is 0 Å². The van der Waals surface area contributed by atoms with E-state index in [2.05, 4.69) is 17.1 Å². The number of nitrogens with one attached hydrogen (secondary N) is 1. The Kier molecular flexibility index (Phi) is 2.61. The third-order valence-electron chi connectivity index (χ3n) is 4.32. The van der Waals surface area contributed by atoms with E-state index in [4.69, 9.17) is 4.74 Å². The summed E-state index contributed by atoms with van der Waals surface area (Å²) in [5.74, 6) is 1.22. The van der Waals surface area contributed by atoms with Gasteiger partial charge >= 0.3 is 0 Å². The Labute approximate surface area is 122 Å². The first-order valence-corrected chi connectivity index (χ1v) is 7.05. The van der Waals surface area contributed by atoms with E-state index < -0.39 is 0 Å². The summed E-state index contributed by atoms with van der Waals surface area (Å²) in [6.45, 7) is 0. The number of Topliss-reactive ketones (excluding diaryl/α,β-unsaturated/α-hetero) is 1. The summed E-state index contributed by atoms with van der Waals surface area (Å²) in [6.07, 6.45) is 2.57. The minimum absolute atomic E-state index is 0.149. The number of ketones is 1. The molecule has 3 nitrogen and oxygen atoms in total. The molecule has 1 aliphatic carbocycles. The maximum absolute atomic E-state index is 12.2. The van der Waals surface area contributed by atoms with Gasteiger partial charge in [-0.15, -0.1) is 0 Å². The number of hydrogen-bond donors (Lipinski definition) is 1. The monoisotopic (exact) mass is 277 g/mol. The zero-order valence-electron chi connectivity index (χ0n) is 11.7. The number of ether oxygens (including phenoxy) is 1. The van der Waals surface area contributed by atoms with Crippen LogP contribution in [-0.4, -0.2) is 17.9 Å². The molecule has 3 aromatic rings. The van der Waals surface area contributed by atoms with Crippen LogP contribution in [0.3, 0.4) is 0 Å². The standard InChI is InChI=1S/C18H15NO2/c1-21-11-6-7-13-16(10-19-17(13)8-11)15-9-18(20)14-5-3-2-4-12(14)15/h2-8,10,15,19H,9H2,1H3. The highest BCUT2D eigenvalue weighted by molar-refractivity contribution is 6.02. The second-order valence-corrected chi connectivity index (χ2v) is 5.42. The lowest BCUT2D eigenvalue weighted by atomic mass is 9.93. The fourth-order valence-electron chi connectivity index (χ4n) is 3.28. The molecule has 0 saturated carbocycles. The van der Waals surface area contributed by atoms with Gasteiger partial charge in [-0.1, -0.05) is 24.3 Å². The molecule has 1 aliphatic rings. The van der Waals surface area contributed by atoms with E-state index in [0.717, 1.165) is 27.8 Å². The molecule has 1 atom stereocenters. The van der Waals surface area contributed by atoms with Crippen LogP contribution in [0.15, 0.2) is 48.7 Å². The lowest BCUT2D eigenvalue weighted by Gasteiger charge is -2.10. The number of aromatic amines is 1. The molecule has 2 aromatic carbocycles. The van der Waals surface area contributed by atoms with Crippen molar-refractivity contribution < 1.29 is 9.53 Å². The van der Waals surface area contributed by atoms with E-state index in [9.17, 15) is 4.79 Å². The fourth-order valence-corrected chi connectivity index (χ4v) is 3.28. The Morgan fingerprint density at radius 2 is 2.00 bits per heavy atom. The van der Waals surface area contributed by atoms with E-state index in [0.29, 0.717) is 6.42 Å². The molecule has 1 aromatic heterocycles. The maximum atomic E-state index is 12.2. The van der Waals surface area contributed by atoms with Crippen LogP contribution in [0.4, 0.5) is 0 Å². The lowest BCUT2D eigenvalue weighted by Crippen LogP contribution is -1.95. The Balaban J connectivity index is 1.87. The van der Waals surface area contributed by atoms with Crippen molar-refractivity contribution in [1.82, 2.24) is 4.98 Å². The Morgan fingerprint density at radius 3 is 2.86 bits per heavy atom. The third-order valence-corrected chi connectivity index (χ3v) is 4.32. The molecule has 0 spiro atoms. The second kappa shape index (κ2) is 4.48. The van der Waals surface area contributed by atoms with Gasteiger partial charge in [-0.3, -0.25) is 4.79 Å². The molecule has 0 radical (unpaired) electrons. The van der Waals surface area contributed by atoms with E-state index in [-0.39, 0.29) is 11.7 Å². The first-order chi connectivity index (χ1) is 10.3. The topological polar surface area (TPSA) is 42.1 Å². The molecule has 0 saturated heterocycles. The van der Waals surface area contributed by atoms with E-state index in [1.54, 1.807) is 7.11 Å². The van der Waals surface area contributed by atoms with Crippen molar-refractivity contribution in [3.63, 3.8) is 0 Å². The summed E-state index contributed by atoms with van der Waals surface area (Å²) in [6, 6.07) is 13.9. The van der Waals surface area contributed by atoms with E-state index in [1.807, 2.05) is 36.5 Å². The Hall–Kier alpha value is -2.55. The van der Waals surface area contributed by atoms with Gasteiger partial charge < -0.3 is 9.72 Å². The molecule has 3 heteroatoms. The van der Waals surface area contributed by atoms with Crippen molar-refractivity contribution in [2.75, 3.05) is 7.11 Å². The van der Waals surface area contributed by atoms with Gasteiger partial charge in [0.25, 0.3) is 0 Å². The number of aromatic nitrogens is 1. The summed E-state index contributed by atoms with van der Waals surface area (Å²) >= 11 is 0. The second-order valence-electron chi connectivity index (χ2n) is 5.42. The van der Waals surface area contributed by atoms with Gasteiger partial charge in [0.1, 0.15) is 5.75 Å². The summed E-state index contributed by atoms with van der Waals surface area (Å²) in [4.78, 5) is 15.5. The first-order valence-electron chi connectivity index (χ1n) is 7.05. The van der Waals surface area contributed by atoms with Gasteiger partial charge in [0.15, 0.2) is 5.78 Å². The van der Waals surface area contributed by atoms with Crippen LogP contribution < -0.4 is 4.74 Å². The van der Waals surface area contributed by atoms with Gasteiger partial charge in [-0.2, -0.15) is 0 Å². The summed E-state index contributed by atoms with van der Waals surface area (Å²) in [7, 11) is 1.66. The molecule has 104 valence electrons. The molecule has 0 bridgehead atoms. The number of methoxy groups -OCH3 is 1. The predicted octanol–water partition coefficient (Wildman–Crippen LogP) is 3.89. The van der Waals surface area contributed by atoms with Crippen LogP contribution in [0.25, 0.3) is 10.9 Å². The number of fused-ring (bicyclic) bond motifs is 2. The smallest absolute Gasteiger partial charge is 0.164 e. The van der Waals surface area contributed by atoms with E-state index in [1.165, 1.54) is 5.56 Å². The molecule has 0 aliphatic heterocycles. The molecule has 0 amide bonds. The minimum Gasteiger partial charge on any atom is -0.497 e. The van der Waals surface area contributed by atoms with Crippen molar-refractivity contribution in [2.45, 2.75) is 12.3 Å². The van der Waals surface area contributed by atoms with Crippen LogP contribution in [0.5, 0.6) is 5.75 Å². The summed E-state index contributed by atoms with van der Waals surface area (Å²) in [5, 5.41) is 1.16. The van der Waals surface area contributed by atoms with Crippen LogP contribution >= 0.6 is 0 Å². The van der Waals surface area contributed by atoms with E-state index >= 15 is 0 Å². The summed E-state index contributed by atoms with van der Waals surface area (Å²) in [5.41, 5.74) is 4.23. The lowest BCUT2D eigenvalue weighted by molar-refractivity contribution is 0.0991. The van der Waals surface area contributed by atoms with Gasteiger partial charge in [0.05, 0.1) is 7.11 Å². The largest absolute Gasteiger partial charge is 0.497 e. The number of carbonyl (C=O) groups is 1. The zero-order chi connectivity index (χ0) is 14.4. The number of H-pyrrole nitrogens is 1. The molecule has 21 heavy (non-hydrogen) atoms. The van der Waals surface area contributed by atoms with Crippen LogP contribution in [0.1, 0.15) is 33.8 Å². The molecular formula is C18H15NO2. The molecule has 0 fully saturated rings. The highest BCUT2D eigenvalue weighted by atomic mass is 16.5. The van der Waals surface area contributed by atoms with Crippen LogP contribution in [-0.2, 0) is 0 Å². The predicted molar refractivity (Wildman–Crippen MR) is 82.1 cm³/mol. The highest BCUT2D eigenvalue weighted by Gasteiger charge is 2.31. The van der Waals surface area contributed by atoms with Gasteiger partial charge in [-0.05, 0) is 23.3 Å². The molecule has 1 N–H and O–H groups in total. The minimum atomic E-state index is 0.149. The average molecular weight is 277 g/mol. The average Bonchev–Trinajstić information content (AvgIpc) is 3.08. The Morgan fingerprint density at radius 1 is 1.14 bits per heavy atom. The van der Waals surface area contributed by atoms with Crippen molar-refractivity contribution in [2.24, 2.45) is 0 Å². The molecule has 4 rings (SSSR count). The maximum Gasteiger partial charge on any atom is 0.164 e. The zero-order valence-corrected chi connectivity index (χ0v) is 11.7. The van der Waals surface area contributed by atoms with Crippen molar-refractivity contribution in [3.05, 3.63) is 65.4 Å². The summed E-state index contributed by atoms with van der Waals surface area (Å²) < 4.78 is 5.26. The van der Waals surface area contributed by atoms with Gasteiger partial charge in [0, 0.05) is 41.1 Å². The molecule has 1 unspecified atom stereocenters. The Bertz CT molecular complexity index is 847. The van der Waals surface area contributed by atoms with Crippen molar-refractivity contribution in [3.8, 4) is 5.75 Å². The third kappa shape index (κ3) is 1.77. The number of hydrogen-bond acceptors (Lipinski definition) is 2. The highest BCUT2D eigenvalue weighted by Crippen LogP contribution is 2.41. The molecule has 1 heterocycles. The van der Waals surface area contributed by atoms with Crippen LogP contribution in [0, 0.1) is 0 Å². The number of benzene rings is 2. The van der Waals surface area contributed by atoms with Gasteiger partial charge in [-0.25, -0.2) is 0 Å². The number of rotatable bonds is 2. The van der Waals surface area contributed by atoms with Crippen molar-refractivity contribution >= 4 is 16.7 Å². The van der Waals surface area contributed by atoms with Crippen LogP contribution in [0.2, 0.25) is 0 Å². The first kappa shape index (κ1) is 12.2. The normalized spacial score (nSPS) is 17.2. The molecular weight excluding hydrogens is 262 g/mol. The quantitative estimate of drug-likeness (QED) is 0.772. The number of carbonyl (C=O) groups excluding carboxylic acids is 1. The van der Waals surface area contributed by atoms with Crippen molar-refractivity contribution in [1.29, 1.82) is 0 Å². The SMILES string of the molecule is COc1ccc2c(C3CC(=O)c4ccccc43)c[nH]c2c1. The fraction of sp³-hybridized carbons (Fsp3) is 0.167.